The molecule has 1 saturated heterocycles. The lowest BCUT2D eigenvalue weighted by Gasteiger charge is -2.39. The number of aliphatic imine (C=N–C) groups is 1. The Bertz CT molecular complexity index is 1350. The average molecular weight is 620 g/mol. The highest BCUT2D eigenvalue weighted by atomic mass is 19.4. The van der Waals surface area contributed by atoms with E-state index in [1.807, 2.05) is 0 Å². The third-order valence-corrected chi connectivity index (χ3v) is 5.64. The molecule has 20 heteroatoms. The third-order valence-electron chi connectivity index (χ3n) is 5.64. The number of guanidine groups is 1. The van der Waals surface area contributed by atoms with Gasteiger partial charge in [0.05, 0.1) is 35.1 Å². The van der Waals surface area contributed by atoms with Crippen molar-refractivity contribution in [2.75, 3.05) is 18.5 Å². The van der Waals surface area contributed by atoms with Crippen LogP contribution in [0.2, 0.25) is 0 Å². The molecular weight excluding hydrogens is 593 g/mol. The van der Waals surface area contributed by atoms with E-state index in [1.165, 1.54) is 7.05 Å². The first-order valence-corrected chi connectivity index (χ1v) is 11.8. The summed E-state index contributed by atoms with van der Waals surface area (Å²) in [7, 11) is 1.23. The van der Waals surface area contributed by atoms with Crippen LogP contribution < -0.4 is 21.3 Å². The molecule has 0 aliphatic carbocycles. The number of para-hydroxylation sites is 1. The fourth-order valence-electron chi connectivity index (χ4n) is 3.78. The molecule has 3 unspecified atom stereocenters. The van der Waals surface area contributed by atoms with Crippen molar-refractivity contribution in [3.63, 3.8) is 0 Å². The highest BCUT2D eigenvalue weighted by Crippen LogP contribution is 2.41. The maximum atomic E-state index is 14.0. The van der Waals surface area contributed by atoms with E-state index in [0.29, 0.717) is 0 Å². The lowest BCUT2D eigenvalue weighted by Crippen LogP contribution is -2.57. The molecule has 43 heavy (non-hydrogen) atoms. The van der Waals surface area contributed by atoms with Gasteiger partial charge in [0, 0.05) is 7.05 Å². The Labute approximate surface area is 239 Å². The van der Waals surface area contributed by atoms with Gasteiger partial charge in [0.2, 0.25) is 5.96 Å². The predicted octanol–water partition coefficient (Wildman–Crippen LogP) is -0.257. The molecule has 2 aliphatic heterocycles. The first kappa shape index (κ1) is 34.3. The number of aliphatic hydroxyl groups excluding tert-OH is 2. The van der Waals surface area contributed by atoms with Crippen LogP contribution in [0.5, 0.6) is 0 Å². The van der Waals surface area contributed by atoms with E-state index in [-0.39, 0.29) is 12.5 Å². The summed E-state index contributed by atoms with van der Waals surface area (Å²) in [6.07, 6.45) is -12.0. The van der Waals surface area contributed by atoms with E-state index >= 15 is 0 Å². The number of alkyl halides is 3. The van der Waals surface area contributed by atoms with Crippen molar-refractivity contribution in [2.24, 2.45) is 10.7 Å². The molecule has 2 aliphatic rings. The summed E-state index contributed by atoms with van der Waals surface area (Å²) >= 11 is 0. The molecule has 0 radical (unpaired) electrons. The Kier molecular flexibility index (Phi) is 10.3. The van der Waals surface area contributed by atoms with E-state index in [2.05, 4.69) is 20.4 Å². The first-order valence-electron chi connectivity index (χ1n) is 11.8. The van der Waals surface area contributed by atoms with Gasteiger partial charge in [0.15, 0.2) is 18.0 Å². The molecule has 0 saturated carbocycles. The smallest absolute Gasteiger partial charge is 0.479 e. The number of aliphatic hydroxyl groups is 2. The van der Waals surface area contributed by atoms with Gasteiger partial charge in [0.1, 0.15) is 6.17 Å². The maximum Gasteiger partial charge on any atom is 0.511 e. The number of amides is 3. The number of carbonyl (C=O) groups is 5. The molecule has 1 fully saturated rings. The van der Waals surface area contributed by atoms with E-state index in [0.717, 1.165) is 34.2 Å². The van der Waals surface area contributed by atoms with Crippen molar-refractivity contribution in [3.8, 4) is 0 Å². The van der Waals surface area contributed by atoms with Gasteiger partial charge in [-0.05, 0) is 26.0 Å². The van der Waals surface area contributed by atoms with Crippen molar-refractivity contribution in [2.45, 2.75) is 43.9 Å². The summed E-state index contributed by atoms with van der Waals surface area (Å²) < 4.78 is 46.6. The first-order chi connectivity index (χ1) is 19.7. The second-order valence-electron chi connectivity index (χ2n) is 9.39. The molecule has 0 bridgehead atoms. The van der Waals surface area contributed by atoms with Crippen molar-refractivity contribution >= 4 is 41.7 Å². The van der Waals surface area contributed by atoms with Crippen LogP contribution in [0.25, 0.3) is 0 Å². The number of hydrogen-bond acceptors (Lipinski definition) is 11. The van der Waals surface area contributed by atoms with Crippen molar-refractivity contribution in [1.82, 2.24) is 15.5 Å². The van der Waals surface area contributed by atoms with Crippen LogP contribution in [0, 0.1) is 0 Å². The quantitative estimate of drug-likeness (QED) is 0.191. The number of rotatable bonds is 6. The summed E-state index contributed by atoms with van der Waals surface area (Å²) in [5, 5.41) is 46.4. The number of benzene rings is 1. The molecular formula is C23H27F3N6O11. The number of ether oxygens (including phenoxy) is 1. The van der Waals surface area contributed by atoms with E-state index in [9.17, 15) is 37.1 Å². The van der Waals surface area contributed by atoms with Gasteiger partial charge < -0.3 is 46.6 Å². The largest absolute Gasteiger partial charge is 0.511 e. The second kappa shape index (κ2) is 12.9. The van der Waals surface area contributed by atoms with Crippen LogP contribution in [0.1, 0.15) is 29.8 Å². The molecule has 1 aromatic carbocycles. The summed E-state index contributed by atoms with van der Waals surface area (Å²) in [6.45, 7) is 3.38. The van der Waals surface area contributed by atoms with Crippen molar-refractivity contribution < 1.29 is 67.4 Å². The SMILES string of the molecule is CNC(=O)c1cccc(C(F)(F)F)c1N1C(N2CC(C)(C)NC2=O)=NC=C(OC(=O)O)C1N.O=C(O)C(O)C(O)C(=O)O. The van der Waals surface area contributed by atoms with Gasteiger partial charge in [-0.25, -0.2) is 24.2 Å². The lowest BCUT2D eigenvalue weighted by molar-refractivity contribution is -0.165. The highest BCUT2D eigenvalue weighted by molar-refractivity contribution is 6.12. The summed E-state index contributed by atoms with van der Waals surface area (Å²) in [5.41, 5.74) is 2.98. The van der Waals surface area contributed by atoms with Crippen LogP contribution >= 0.6 is 0 Å². The van der Waals surface area contributed by atoms with Crippen LogP contribution in [-0.2, 0) is 20.5 Å². The molecule has 3 amide bonds. The number of hydrogen-bond donors (Lipinski definition) is 8. The number of halogens is 3. The van der Waals surface area contributed by atoms with Crippen LogP contribution in [-0.4, -0.2) is 104 Å². The van der Waals surface area contributed by atoms with Crippen molar-refractivity contribution in [1.29, 1.82) is 0 Å². The zero-order chi connectivity index (χ0) is 33.0. The molecule has 3 atom stereocenters. The van der Waals surface area contributed by atoms with E-state index in [4.69, 9.17) is 31.3 Å². The monoisotopic (exact) mass is 620 g/mol. The molecule has 236 valence electrons. The number of anilines is 1. The lowest BCUT2D eigenvalue weighted by atomic mass is 10.0. The zero-order valence-electron chi connectivity index (χ0n) is 22.5. The number of nitrogens with zero attached hydrogens (tertiary/aromatic N) is 3. The Hall–Kier alpha value is -4.95. The van der Waals surface area contributed by atoms with Crippen molar-refractivity contribution in [3.05, 3.63) is 41.3 Å². The maximum absolute atomic E-state index is 14.0. The average Bonchev–Trinajstić information content (AvgIpc) is 3.18. The summed E-state index contributed by atoms with van der Waals surface area (Å²) in [4.78, 5) is 61.5. The number of carboxylic acids is 2. The summed E-state index contributed by atoms with van der Waals surface area (Å²) in [6, 6.07) is 2.24. The number of urea groups is 1. The van der Waals surface area contributed by atoms with E-state index < -0.39 is 82.7 Å². The topological polar surface area (TPSA) is 265 Å². The van der Waals surface area contributed by atoms with Gasteiger partial charge >= 0.3 is 30.3 Å². The fraction of sp³-hybridized carbons (Fsp3) is 0.391. The standard InChI is InChI=1S/C19H21F3N6O5.C4H6O6/c1-18(2)8-27(16(30)26-18)15-25-7-11(33-17(31)32)13(23)28(15)12-9(14(29)24-3)5-4-6-10(12)19(20,21)22;5-1(3(7)8)2(6)4(9)10/h4-7,13H,8,23H2,1-3H3,(H,24,29)(H,26,30)(H,31,32);1-2,5-6H,(H,7,8)(H,9,10). The normalized spacial score (nSPS) is 19.1. The van der Waals surface area contributed by atoms with Gasteiger partial charge in [-0.15, -0.1) is 0 Å². The number of carbonyl (C=O) groups excluding carboxylic acids is 2. The number of nitrogens with one attached hydrogen (secondary N) is 2. The minimum absolute atomic E-state index is 0.000337. The molecule has 0 aromatic heterocycles. The Morgan fingerprint density at radius 1 is 1.14 bits per heavy atom. The van der Waals surface area contributed by atoms with Crippen LogP contribution in [0.4, 0.5) is 28.4 Å². The minimum Gasteiger partial charge on any atom is -0.479 e. The van der Waals surface area contributed by atoms with Crippen LogP contribution in [0.15, 0.2) is 35.2 Å². The Morgan fingerprint density at radius 2 is 1.70 bits per heavy atom. The molecule has 17 nitrogen and oxygen atoms in total. The molecule has 0 spiro atoms. The molecule has 9 N–H and O–H groups in total. The van der Waals surface area contributed by atoms with Gasteiger partial charge in [0.25, 0.3) is 5.91 Å². The second-order valence-corrected chi connectivity index (χ2v) is 9.39. The molecule has 1 aromatic rings. The number of carboxylic acid groups (broad SMARTS) is 3. The predicted molar refractivity (Wildman–Crippen MR) is 137 cm³/mol. The van der Waals surface area contributed by atoms with Gasteiger partial charge in [-0.1, -0.05) is 6.07 Å². The van der Waals surface area contributed by atoms with E-state index in [1.54, 1.807) is 13.8 Å². The zero-order valence-corrected chi connectivity index (χ0v) is 22.5. The van der Waals surface area contributed by atoms with Gasteiger partial charge in [-0.3, -0.25) is 14.6 Å². The highest BCUT2D eigenvalue weighted by Gasteiger charge is 2.46. The Balaban J connectivity index is 0.000000553. The van der Waals surface area contributed by atoms with Crippen LogP contribution in [0.3, 0.4) is 0 Å². The minimum atomic E-state index is -4.94. The third kappa shape index (κ3) is 7.87. The number of aliphatic carboxylic acids is 2. The fourth-order valence-corrected chi connectivity index (χ4v) is 3.78. The molecule has 3 rings (SSSR count). The number of nitrogens with two attached hydrogens (primary N) is 1. The van der Waals surface area contributed by atoms with Gasteiger partial charge in [-0.2, -0.15) is 13.2 Å². The summed E-state index contributed by atoms with van der Waals surface area (Å²) in [5.74, 6) is -5.26. The molecule has 2 heterocycles. The Morgan fingerprint density at radius 3 is 2.12 bits per heavy atom.